The molecule has 0 spiro atoms. The van der Waals surface area contributed by atoms with Gasteiger partial charge in [-0.05, 0) is 85.0 Å². The Hall–Kier alpha value is -2.81. The molecule has 2 aliphatic heterocycles. The summed E-state index contributed by atoms with van der Waals surface area (Å²) in [7, 11) is -3.41. The van der Waals surface area contributed by atoms with Crippen molar-refractivity contribution >= 4 is 21.1 Å². The number of halogens is 1. The summed E-state index contributed by atoms with van der Waals surface area (Å²) in [6.45, 7) is 4.51. The second-order valence-electron chi connectivity index (χ2n) is 10.7. The van der Waals surface area contributed by atoms with Gasteiger partial charge in [0.05, 0.1) is 17.4 Å². The van der Waals surface area contributed by atoms with Crippen molar-refractivity contribution in [2.75, 3.05) is 26.2 Å². The Morgan fingerprint density at radius 3 is 2.58 bits per heavy atom. The van der Waals surface area contributed by atoms with Crippen LogP contribution in [0.25, 0.3) is 16.6 Å². The first-order valence-electron chi connectivity index (χ1n) is 12.7. The molecule has 7 rings (SSSR count). The SMILES string of the molecule is Cc1cc2c(cnn2-c2ccc(F)cc2)cc1[C@@]12CN(S(=O)(=O)N3CCC3)C[C@@H]1[C@H]2C1C=CC=CC1. The predicted molar refractivity (Wildman–Crippen MR) is 137 cm³/mol. The summed E-state index contributed by atoms with van der Waals surface area (Å²) in [4.78, 5) is 0. The highest BCUT2D eigenvalue weighted by molar-refractivity contribution is 7.86. The maximum Gasteiger partial charge on any atom is 0.282 e. The van der Waals surface area contributed by atoms with Gasteiger partial charge in [0.15, 0.2) is 0 Å². The molecule has 1 saturated carbocycles. The maximum atomic E-state index is 13.5. The molecule has 0 N–H and O–H groups in total. The summed E-state index contributed by atoms with van der Waals surface area (Å²) in [6.07, 6.45) is 12.6. The van der Waals surface area contributed by atoms with Gasteiger partial charge in [0.25, 0.3) is 10.2 Å². The van der Waals surface area contributed by atoms with E-state index in [-0.39, 0.29) is 11.2 Å². The van der Waals surface area contributed by atoms with Crippen LogP contribution >= 0.6 is 0 Å². The first-order chi connectivity index (χ1) is 17.4. The number of fused-ring (bicyclic) bond motifs is 2. The fraction of sp³-hybridized carbons (Fsp3) is 0.393. The number of benzene rings is 2. The summed E-state index contributed by atoms with van der Waals surface area (Å²) in [6, 6.07) is 10.7. The van der Waals surface area contributed by atoms with E-state index in [1.165, 1.54) is 17.7 Å². The quantitative estimate of drug-likeness (QED) is 0.519. The first kappa shape index (κ1) is 22.4. The summed E-state index contributed by atoms with van der Waals surface area (Å²) in [5, 5.41) is 5.62. The van der Waals surface area contributed by atoms with Crippen LogP contribution < -0.4 is 0 Å². The molecule has 36 heavy (non-hydrogen) atoms. The fourth-order valence-corrected chi connectivity index (χ4v) is 8.73. The molecule has 0 amide bonds. The van der Waals surface area contributed by atoms with Gasteiger partial charge in [0, 0.05) is 37.0 Å². The van der Waals surface area contributed by atoms with Gasteiger partial charge >= 0.3 is 0 Å². The van der Waals surface area contributed by atoms with Crippen LogP contribution in [0.15, 0.2) is 66.9 Å². The van der Waals surface area contributed by atoms with E-state index in [2.05, 4.69) is 48.5 Å². The zero-order chi connectivity index (χ0) is 24.7. The molecular weight excluding hydrogens is 475 g/mol. The van der Waals surface area contributed by atoms with Crippen molar-refractivity contribution in [3.05, 3.63) is 83.8 Å². The zero-order valence-electron chi connectivity index (χ0n) is 20.2. The molecule has 2 saturated heterocycles. The van der Waals surface area contributed by atoms with Crippen molar-refractivity contribution in [3.8, 4) is 5.69 Å². The molecule has 6 nitrogen and oxygen atoms in total. The van der Waals surface area contributed by atoms with Gasteiger partial charge < -0.3 is 0 Å². The van der Waals surface area contributed by atoms with E-state index < -0.39 is 10.2 Å². The number of nitrogens with zero attached hydrogens (tertiary/aromatic N) is 4. The largest absolute Gasteiger partial charge is 0.282 e. The Bertz CT molecular complexity index is 1520. The second kappa shape index (κ2) is 7.84. The summed E-state index contributed by atoms with van der Waals surface area (Å²) >= 11 is 0. The van der Waals surface area contributed by atoms with Gasteiger partial charge in [-0.3, -0.25) is 0 Å². The Balaban J connectivity index is 1.30. The lowest BCUT2D eigenvalue weighted by Crippen LogP contribution is -2.50. The molecule has 0 bridgehead atoms. The number of hydrogen-bond acceptors (Lipinski definition) is 3. The second-order valence-corrected chi connectivity index (χ2v) is 12.6. The van der Waals surface area contributed by atoms with E-state index in [0.29, 0.717) is 43.9 Å². The highest BCUT2D eigenvalue weighted by Gasteiger charge is 2.72. The predicted octanol–water partition coefficient (Wildman–Crippen LogP) is 4.36. The lowest BCUT2D eigenvalue weighted by molar-refractivity contribution is 0.267. The van der Waals surface area contributed by atoms with Gasteiger partial charge in [0.1, 0.15) is 5.82 Å². The third-order valence-electron chi connectivity index (χ3n) is 8.85. The number of hydrogen-bond donors (Lipinski definition) is 0. The summed E-state index contributed by atoms with van der Waals surface area (Å²) < 4.78 is 45.3. The minimum atomic E-state index is -3.41. The molecule has 2 aromatic carbocycles. The van der Waals surface area contributed by atoms with Gasteiger partial charge in [-0.1, -0.05) is 24.3 Å². The smallest absolute Gasteiger partial charge is 0.233 e. The van der Waals surface area contributed by atoms with Crippen LogP contribution in [0.2, 0.25) is 0 Å². The summed E-state index contributed by atoms with van der Waals surface area (Å²) in [5.41, 5.74) is 3.99. The molecule has 3 heterocycles. The van der Waals surface area contributed by atoms with E-state index in [9.17, 15) is 12.8 Å². The monoisotopic (exact) mass is 504 g/mol. The normalized spacial score (nSPS) is 30.0. The highest BCUT2D eigenvalue weighted by atomic mass is 32.2. The van der Waals surface area contributed by atoms with Gasteiger partial charge in [0.2, 0.25) is 0 Å². The lowest BCUT2D eigenvalue weighted by atomic mass is 9.83. The van der Waals surface area contributed by atoms with Crippen molar-refractivity contribution in [1.29, 1.82) is 0 Å². The Morgan fingerprint density at radius 2 is 1.89 bits per heavy atom. The Morgan fingerprint density at radius 1 is 1.08 bits per heavy atom. The molecule has 8 heteroatoms. The van der Waals surface area contributed by atoms with E-state index in [4.69, 9.17) is 0 Å². The molecule has 4 atom stereocenters. The van der Waals surface area contributed by atoms with E-state index in [0.717, 1.165) is 35.0 Å². The molecule has 3 aromatic rings. The van der Waals surface area contributed by atoms with Gasteiger partial charge in [-0.25, -0.2) is 9.07 Å². The molecule has 2 aliphatic carbocycles. The topological polar surface area (TPSA) is 58.4 Å². The molecule has 1 aromatic heterocycles. The molecule has 0 radical (unpaired) electrons. The van der Waals surface area contributed by atoms with Crippen LogP contribution in [0, 0.1) is 30.5 Å². The molecule has 4 aliphatic rings. The first-order valence-corrected chi connectivity index (χ1v) is 14.1. The average Bonchev–Trinajstić information content (AvgIpc) is 3.10. The number of aromatic nitrogens is 2. The highest BCUT2D eigenvalue weighted by Crippen LogP contribution is 2.69. The van der Waals surface area contributed by atoms with Crippen molar-refractivity contribution in [2.45, 2.75) is 25.2 Å². The summed E-state index contributed by atoms with van der Waals surface area (Å²) in [5.74, 6) is 0.873. The third kappa shape index (κ3) is 3.14. The maximum absolute atomic E-state index is 13.5. The van der Waals surface area contributed by atoms with Crippen LogP contribution in [0.5, 0.6) is 0 Å². The lowest BCUT2D eigenvalue weighted by Gasteiger charge is -2.35. The van der Waals surface area contributed by atoms with Crippen molar-refractivity contribution in [2.24, 2.45) is 17.8 Å². The number of aryl methyl sites for hydroxylation is 1. The Labute approximate surface area is 210 Å². The van der Waals surface area contributed by atoms with Crippen LogP contribution in [0.1, 0.15) is 24.0 Å². The molecule has 3 fully saturated rings. The zero-order valence-corrected chi connectivity index (χ0v) is 21.0. The molecule has 186 valence electrons. The number of piperidine rings is 1. The van der Waals surface area contributed by atoms with Crippen LogP contribution in [-0.2, 0) is 15.6 Å². The van der Waals surface area contributed by atoms with Crippen molar-refractivity contribution in [1.82, 2.24) is 18.4 Å². The third-order valence-corrected chi connectivity index (χ3v) is 10.8. The van der Waals surface area contributed by atoms with Crippen molar-refractivity contribution < 1.29 is 12.8 Å². The standard InChI is InChI=1S/C28H29FN4O2S/c1-19-14-26-21(16-30-33(26)23-10-8-22(29)9-11-23)15-24(19)28-18-32(36(34,35)31-12-5-13-31)17-25(28)27(28)20-6-3-2-4-7-20/h2-4,6,8-11,14-16,20,25,27H,5,7,12-13,17-18H2,1H3/t20?,25-,27-,28+/m1/s1. The van der Waals surface area contributed by atoms with Crippen LogP contribution in [-0.4, -0.2) is 53.0 Å². The van der Waals surface area contributed by atoms with Gasteiger partial charge in [-0.15, -0.1) is 0 Å². The Kier molecular flexibility index (Phi) is 4.88. The van der Waals surface area contributed by atoms with E-state index >= 15 is 0 Å². The van der Waals surface area contributed by atoms with E-state index in [1.54, 1.807) is 20.7 Å². The molecule has 1 unspecified atom stereocenters. The van der Waals surface area contributed by atoms with Crippen LogP contribution in [0.3, 0.4) is 0 Å². The van der Waals surface area contributed by atoms with Crippen LogP contribution in [0.4, 0.5) is 4.39 Å². The number of allylic oxidation sites excluding steroid dienone is 4. The average molecular weight is 505 g/mol. The van der Waals surface area contributed by atoms with Crippen molar-refractivity contribution in [3.63, 3.8) is 0 Å². The minimum Gasteiger partial charge on any atom is -0.233 e. The van der Waals surface area contributed by atoms with E-state index in [1.807, 2.05) is 10.9 Å². The van der Waals surface area contributed by atoms with Gasteiger partial charge in [-0.2, -0.15) is 22.1 Å². The number of rotatable bonds is 5. The molecular formula is C28H29FN4O2S. The fourth-order valence-electron chi connectivity index (χ4n) is 6.96. The minimum absolute atomic E-state index is 0.186.